The zero-order valence-corrected chi connectivity index (χ0v) is 39.7. The van der Waals surface area contributed by atoms with Crippen LogP contribution in [0.2, 0.25) is 10.0 Å². The maximum atomic E-state index is 10.9. The minimum absolute atomic E-state index is 0.132. The molecule has 4 aromatic carbocycles. The van der Waals surface area contributed by atoms with Crippen molar-refractivity contribution in [3.8, 4) is 40.2 Å². The number of ether oxygens (including phenoxy) is 4. The molecule has 16 heteroatoms. The van der Waals surface area contributed by atoms with Crippen molar-refractivity contribution < 1.29 is 38.7 Å². The third-order valence-electron chi connectivity index (χ3n) is 10.7. The summed E-state index contributed by atoms with van der Waals surface area (Å²) in [4.78, 5) is 34.4. The number of carboxylic acids is 2. The number of nitriles is 1. The van der Waals surface area contributed by atoms with Crippen molar-refractivity contribution in [3.05, 3.63) is 188 Å². The van der Waals surface area contributed by atoms with Gasteiger partial charge in [0.05, 0.1) is 15.6 Å². The molecule has 0 spiro atoms. The molecule has 0 bridgehead atoms. The molecule has 0 radical (unpaired) electrons. The van der Waals surface area contributed by atoms with E-state index in [1.165, 1.54) is 18.3 Å². The van der Waals surface area contributed by atoms with Crippen LogP contribution in [0, 0.1) is 25.2 Å². The number of benzene rings is 4. The average Bonchev–Trinajstić information content (AvgIpc) is 3.33. The fourth-order valence-corrected chi connectivity index (χ4v) is 7.63. The molecule has 2 aromatic heterocycles. The van der Waals surface area contributed by atoms with Crippen LogP contribution in [0.3, 0.4) is 0 Å². The lowest BCUT2D eigenvalue weighted by atomic mass is 9.92. The summed E-state index contributed by atoms with van der Waals surface area (Å²) in [5.41, 5.74) is 10.2. The molecule has 0 saturated carbocycles. The Balaban J connectivity index is 1.18. The van der Waals surface area contributed by atoms with Crippen LogP contribution >= 0.6 is 23.2 Å². The number of halogens is 2. The quantitative estimate of drug-likeness (QED) is 0.0254. The fourth-order valence-electron chi connectivity index (χ4n) is 7.15. The van der Waals surface area contributed by atoms with Gasteiger partial charge in [0, 0.05) is 116 Å². The van der Waals surface area contributed by atoms with Crippen LogP contribution in [0.1, 0.15) is 55.6 Å². The molecule has 4 N–H and O–H groups in total. The zero-order chi connectivity index (χ0) is 49.1. The number of hydrogen-bond donors (Lipinski definition) is 4. The van der Waals surface area contributed by atoms with Gasteiger partial charge in [0.1, 0.15) is 55.5 Å². The minimum atomic E-state index is -1.04. The summed E-state index contributed by atoms with van der Waals surface area (Å²) in [6, 6.07) is 24.9. The van der Waals surface area contributed by atoms with Crippen molar-refractivity contribution in [1.82, 2.24) is 20.6 Å². The van der Waals surface area contributed by atoms with Crippen molar-refractivity contribution in [2.24, 2.45) is 4.99 Å². The first-order chi connectivity index (χ1) is 33.4. The highest BCUT2D eigenvalue weighted by Crippen LogP contribution is 2.37. The van der Waals surface area contributed by atoms with Crippen LogP contribution in [0.25, 0.3) is 11.1 Å². The predicted molar refractivity (Wildman–Crippen MR) is 265 cm³/mol. The van der Waals surface area contributed by atoms with E-state index in [0.717, 1.165) is 67.8 Å². The molecule has 0 saturated heterocycles. The summed E-state index contributed by atoms with van der Waals surface area (Å²) >= 11 is 13.6. The second-order valence-electron chi connectivity index (χ2n) is 15.6. The maximum Gasteiger partial charge on any atom is 0.328 e. The molecular formula is C53H50Cl2N6O8. The molecule has 354 valence electrons. The molecule has 0 aliphatic carbocycles. The van der Waals surface area contributed by atoms with E-state index in [1.54, 1.807) is 62.2 Å². The molecule has 6 rings (SSSR count). The van der Waals surface area contributed by atoms with Gasteiger partial charge in [-0.2, -0.15) is 5.26 Å². The van der Waals surface area contributed by atoms with Gasteiger partial charge in [-0.05, 0) is 71.5 Å². The van der Waals surface area contributed by atoms with Gasteiger partial charge in [-0.3, -0.25) is 15.0 Å². The van der Waals surface area contributed by atoms with E-state index >= 15 is 0 Å². The summed E-state index contributed by atoms with van der Waals surface area (Å²) in [5.74, 6) is -0.187. The lowest BCUT2D eigenvalue weighted by Gasteiger charge is -2.19. The molecule has 0 aliphatic heterocycles. The molecule has 69 heavy (non-hydrogen) atoms. The number of carbonyl (C=O) groups is 2. The van der Waals surface area contributed by atoms with Gasteiger partial charge in [0.2, 0.25) is 0 Å². The van der Waals surface area contributed by atoms with Crippen molar-refractivity contribution in [1.29, 1.82) is 5.26 Å². The zero-order valence-electron chi connectivity index (χ0n) is 38.2. The summed E-state index contributed by atoms with van der Waals surface area (Å²) in [7, 11) is 1.70. The van der Waals surface area contributed by atoms with Crippen LogP contribution in [-0.2, 0) is 49.1 Å². The summed E-state index contributed by atoms with van der Waals surface area (Å²) in [6.45, 7) is 6.19. The standard InChI is InChI=1S/C53H50Cl2N6O8/c1-34-40(32-68-50-20-48(66-30-38-16-36(22-56)24-60-26-38)42(18-46(50)54)28-58-14-6-12-52(62)63)8-4-10-44(34)45-11-5-9-41(35(45)2)33-69-51-21-49(67-31-39-17-37(23-57-3)25-61-27-39)43(19-47(51)55)29-59-15-7-13-53(64)65/h4-13,16-21,23-27,58-59H,14-15,28-33H2,1-3H3,(H,62,63)(H,64,65)/b12-6+,13-7+,57-23+. The SMILES string of the molecule is C/N=C/c1cncc(COc2cc(OCc3cccc(-c4cccc(COc5cc(OCc6cncc(C#N)c6)c(CNC/C=C/C(=O)O)cc5Cl)c4C)c3C)c(Cl)cc2CNC/C=C/C(=O)O)c1. The van der Waals surface area contributed by atoms with Crippen LogP contribution in [-0.4, -0.2) is 58.5 Å². The topological polar surface area (TPSA) is 198 Å². The monoisotopic (exact) mass is 968 g/mol. The molecule has 6 aromatic rings. The van der Waals surface area contributed by atoms with Crippen LogP contribution < -0.4 is 29.6 Å². The van der Waals surface area contributed by atoms with Crippen molar-refractivity contribution in [2.45, 2.75) is 53.4 Å². The molecule has 0 aliphatic rings. The van der Waals surface area contributed by atoms with Gasteiger partial charge in [-0.25, -0.2) is 9.59 Å². The molecular weight excluding hydrogens is 920 g/mol. The Hall–Kier alpha value is -7.54. The minimum Gasteiger partial charge on any atom is -0.488 e. The van der Waals surface area contributed by atoms with E-state index in [9.17, 15) is 14.9 Å². The van der Waals surface area contributed by atoms with Gasteiger partial charge in [-0.1, -0.05) is 71.8 Å². The molecule has 0 unspecified atom stereocenters. The predicted octanol–water partition coefficient (Wildman–Crippen LogP) is 9.76. The number of aliphatic imine (C=N–C) groups is 1. The first kappa shape index (κ1) is 50.9. The number of rotatable bonds is 24. The number of aliphatic carboxylic acids is 2. The van der Waals surface area contributed by atoms with Crippen molar-refractivity contribution >= 4 is 41.4 Å². The number of aromatic nitrogens is 2. The first-order valence-corrected chi connectivity index (χ1v) is 22.4. The Morgan fingerprint density at radius 3 is 1.61 bits per heavy atom. The number of carboxylic acid groups (broad SMARTS) is 2. The highest BCUT2D eigenvalue weighted by Gasteiger charge is 2.17. The highest BCUT2D eigenvalue weighted by molar-refractivity contribution is 6.32. The average molecular weight is 970 g/mol. The highest BCUT2D eigenvalue weighted by atomic mass is 35.5. The van der Waals surface area contributed by atoms with Gasteiger partial charge in [-0.15, -0.1) is 0 Å². The Morgan fingerprint density at radius 1 is 0.652 bits per heavy atom. The second-order valence-corrected chi connectivity index (χ2v) is 16.4. The van der Waals surface area contributed by atoms with Gasteiger partial charge in [0.25, 0.3) is 0 Å². The van der Waals surface area contributed by atoms with E-state index in [4.69, 9.17) is 52.4 Å². The van der Waals surface area contributed by atoms with Gasteiger partial charge < -0.3 is 39.8 Å². The molecule has 0 atom stereocenters. The third kappa shape index (κ3) is 15.0. The van der Waals surface area contributed by atoms with Crippen LogP contribution in [0.4, 0.5) is 0 Å². The Labute approximate surface area is 410 Å². The van der Waals surface area contributed by atoms with E-state index in [2.05, 4.69) is 50.7 Å². The summed E-state index contributed by atoms with van der Waals surface area (Å²) in [6.07, 6.45) is 13.4. The van der Waals surface area contributed by atoms with Crippen molar-refractivity contribution in [3.63, 3.8) is 0 Å². The number of nitrogens with zero attached hydrogens (tertiary/aromatic N) is 4. The van der Waals surface area contributed by atoms with Crippen molar-refractivity contribution in [2.75, 3.05) is 20.1 Å². The number of pyridine rings is 2. The normalized spacial score (nSPS) is 11.3. The Bertz CT molecular complexity index is 2920. The lowest BCUT2D eigenvalue weighted by molar-refractivity contribution is -0.132. The third-order valence-corrected chi connectivity index (χ3v) is 11.3. The smallest absolute Gasteiger partial charge is 0.328 e. The molecule has 0 fully saturated rings. The van der Waals surface area contributed by atoms with E-state index in [0.29, 0.717) is 70.3 Å². The van der Waals surface area contributed by atoms with Gasteiger partial charge in [0.15, 0.2) is 0 Å². The second kappa shape index (κ2) is 25.6. The summed E-state index contributed by atoms with van der Waals surface area (Å²) in [5, 5.41) is 34.4. The first-order valence-electron chi connectivity index (χ1n) is 21.7. The lowest BCUT2D eigenvalue weighted by Crippen LogP contribution is -2.14. The van der Waals surface area contributed by atoms with Gasteiger partial charge >= 0.3 is 11.9 Å². The fraction of sp³-hybridized carbons (Fsp3) is 0.208. The van der Waals surface area contributed by atoms with E-state index < -0.39 is 11.9 Å². The number of hydrogen-bond acceptors (Lipinski definition) is 12. The molecule has 14 nitrogen and oxygen atoms in total. The van der Waals surface area contributed by atoms with Crippen LogP contribution in [0.15, 0.2) is 127 Å². The Morgan fingerprint density at radius 2 is 1.13 bits per heavy atom. The van der Waals surface area contributed by atoms with E-state index in [1.807, 2.05) is 37.3 Å². The van der Waals surface area contributed by atoms with Crippen LogP contribution in [0.5, 0.6) is 23.0 Å². The maximum absolute atomic E-state index is 10.9. The largest absolute Gasteiger partial charge is 0.488 e. The molecule has 0 amide bonds. The molecule has 2 heterocycles. The number of nitrogens with one attached hydrogen (secondary N) is 2. The van der Waals surface area contributed by atoms with E-state index in [-0.39, 0.29) is 26.4 Å². The summed E-state index contributed by atoms with van der Waals surface area (Å²) < 4.78 is 25.3. The Kier molecular flexibility index (Phi) is 18.8.